The van der Waals surface area contributed by atoms with Gasteiger partial charge in [-0.15, -0.1) is 0 Å². The van der Waals surface area contributed by atoms with Crippen molar-refractivity contribution in [2.45, 2.75) is 56.7 Å². The molecule has 3 aliphatic heterocycles. The number of carbonyl (C=O) groups excluding carboxylic acids is 1. The van der Waals surface area contributed by atoms with Crippen molar-refractivity contribution in [1.82, 2.24) is 15.5 Å². The van der Waals surface area contributed by atoms with Crippen LogP contribution in [0.25, 0.3) is 0 Å². The summed E-state index contributed by atoms with van der Waals surface area (Å²) >= 11 is 0. The number of nitrogens with one attached hydrogen (secondary N) is 2. The van der Waals surface area contributed by atoms with Crippen molar-refractivity contribution < 1.29 is 4.79 Å². The van der Waals surface area contributed by atoms with E-state index in [0.717, 1.165) is 38.0 Å². The molecule has 0 saturated carbocycles. The fourth-order valence-electron chi connectivity index (χ4n) is 3.97. The molecule has 102 valence electrons. The fraction of sp³-hybridized carbons (Fsp3) is 0.929. The average Bonchev–Trinajstić information content (AvgIpc) is 2.94. The quantitative estimate of drug-likeness (QED) is 0.777. The highest BCUT2D eigenvalue weighted by Crippen LogP contribution is 2.36. The van der Waals surface area contributed by atoms with E-state index in [1.54, 1.807) is 0 Å². The predicted octanol–water partition coefficient (Wildman–Crippen LogP) is 0.727. The second-order valence-electron chi connectivity index (χ2n) is 6.28. The number of carbonyl (C=O) groups is 1. The molecule has 3 heterocycles. The molecule has 0 spiro atoms. The lowest BCUT2D eigenvalue weighted by Gasteiger charge is -2.36. The third-order valence-electron chi connectivity index (χ3n) is 5.14. The van der Waals surface area contributed by atoms with E-state index in [0.29, 0.717) is 5.92 Å². The maximum absolute atomic E-state index is 11.9. The molecule has 1 amide bonds. The van der Waals surface area contributed by atoms with Gasteiger partial charge in [0, 0.05) is 18.6 Å². The van der Waals surface area contributed by atoms with Crippen molar-refractivity contribution in [3.8, 4) is 0 Å². The first-order chi connectivity index (χ1) is 8.74. The zero-order valence-electron chi connectivity index (χ0n) is 11.3. The minimum Gasteiger partial charge on any atom is -0.354 e. The van der Waals surface area contributed by atoms with Crippen molar-refractivity contribution in [2.24, 2.45) is 5.92 Å². The Bertz CT molecular complexity index is 300. The molecule has 4 heteroatoms. The maximum atomic E-state index is 11.9. The summed E-state index contributed by atoms with van der Waals surface area (Å²) < 4.78 is 0. The maximum Gasteiger partial charge on any atom is 0.237 e. The third-order valence-corrected chi connectivity index (χ3v) is 5.14. The van der Waals surface area contributed by atoms with Crippen molar-refractivity contribution in [1.29, 1.82) is 0 Å². The van der Waals surface area contributed by atoms with Gasteiger partial charge in [0.15, 0.2) is 0 Å². The summed E-state index contributed by atoms with van der Waals surface area (Å²) in [6.45, 7) is 1.88. The molecule has 2 N–H and O–H groups in total. The normalized spacial score (nSPS) is 40.1. The van der Waals surface area contributed by atoms with E-state index in [4.69, 9.17) is 0 Å². The van der Waals surface area contributed by atoms with Crippen LogP contribution in [-0.2, 0) is 4.79 Å². The number of fused-ring (bicyclic) bond motifs is 2. The van der Waals surface area contributed by atoms with Gasteiger partial charge in [-0.3, -0.25) is 4.79 Å². The van der Waals surface area contributed by atoms with Gasteiger partial charge in [-0.05, 0) is 58.0 Å². The van der Waals surface area contributed by atoms with Crippen LogP contribution in [0.3, 0.4) is 0 Å². The fourth-order valence-corrected chi connectivity index (χ4v) is 3.97. The van der Waals surface area contributed by atoms with Crippen LogP contribution in [0.2, 0.25) is 0 Å². The van der Waals surface area contributed by atoms with Gasteiger partial charge in [0.25, 0.3) is 0 Å². The van der Waals surface area contributed by atoms with E-state index < -0.39 is 0 Å². The van der Waals surface area contributed by atoms with Crippen LogP contribution in [0.5, 0.6) is 0 Å². The zero-order chi connectivity index (χ0) is 12.5. The van der Waals surface area contributed by atoms with Crippen LogP contribution in [0, 0.1) is 5.92 Å². The topological polar surface area (TPSA) is 44.4 Å². The Morgan fingerprint density at radius 3 is 2.61 bits per heavy atom. The minimum atomic E-state index is 0.0768. The number of amides is 1. The van der Waals surface area contributed by atoms with E-state index in [2.05, 4.69) is 22.6 Å². The molecule has 3 atom stereocenters. The first-order valence-electron chi connectivity index (χ1n) is 7.47. The molecule has 3 aliphatic rings. The highest BCUT2D eigenvalue weighted by atomic mass is 16.2. The number of piperidine rings is 1. The zero-order valence-corrected chi connectivity index (χ0v) is 11.3. The largest absolute Gasteiger partial charge is 0.354 e. The Kier molecular flexibility index (Phi) is 3.57. The Morgan fingerprint density at radius 1 is 1.28 bits per heavy atom. The minimum absolute atomic E-state index is 0.0768. The molecule has 0 aromatic rings. The average molecular weight is 251 g/mol. The van der Waals surface area contributed by atoms with Gasteiger partial charge in [0.2, 0.25) is 5.91 Å². The van der Waals surface area contributed by atoms with Gasteiger partial charge in [0.05, 0.1) is 6.04 Å². The second-order valence-corrected chi connectivity index (χ2v) is 6.28. The Balaban J connectivity index is 1.45. The van der Waals surface area contributed by atoms with Crippen LogP contribution >= 0.6 is 0 Å². The molecule has 18 heavy (non-hydrogen) atoms. The van der Waals surface area contributed by atoms with E-state index in [9.17, 15) is 4.79 Å². The van der Waals surface area contributed by atoms with Crippen molar-refractivity contribution in [3.63, 3.8) is 0 Å². The molecule has 0 aliphatic carbocycles. The number of nitrogens with zero attached hydrogens (tertiary/aromatic N) is 1. The summed E-state index contributed by atoms with van der Waals surface area (Å²) in [4.78, 5) is 14.5. The first kappa shape index (κ1) is 12.4. The molecular formula is C14H25N3O. The summed E-state index contributed by atoms with van der Waals surface area (Å²) in [7, 11) is 2.26. The molecule has 2 bridgehead atoms. The van der Waals surface area contributed by atoms with Crippen molar-refractivity contribution >= 4 is 5.91 Å². The Hall–Kier alpha value is -0.610. The summed E-state index contributed by atoms with van der Waals surface area (Å²) in [6, 6.07) is 1.62. The van der Waals surface area contributed by atoms with Gasteiger partial charge in [-0.25, -0.2) is 0 Å². The Labute approximate surface area is 109 Å². The third kappa shape index (κ3) is 2.41. The van der Waals surface area contributed by atoms with Gasteiger partial charge < -0.3 is 15.5 Å². The van der Waals surface area contributed by atoms with Crippen LogP contribution in [-0.4, -0.2) is 49.1 Å². The molecule has 3 fully saturated rings. The molecule has 3 unspecified atom stereocenters. The Morgan fingerprint density at radius 2 is 2.00 bits per heavy atom. The van der Waals surface area contributed by atoms with Gasteiger partial charge in [-0.1, -0.05) is 0 Å². The van der Waals surface area contributed by atoms with Crippen LogP contribution in [0.1, 0.15) is 38.5 Å². The van der Waals surface area contributed by atoms with Crippen molar-refractivity contribution in [2.75, 3.05) is 20.1 Å². The summed E-state index contributed by atoms with van der Waals surface area (Å²) in [5, 5.41) is 6.42. The van der Waals surface area contributed by atoms with E-state index in [1.165, 1.54) is 25.7 Å². The highest BCUT2D eigenvalue weighted by molar-refractivity contribution is 5.81. The van der Waals surface area contributed by atoms with Crippen LogP contribution in [0.4, 0.5) is 0 Å². The highest BCUT2D eigenvalue weighted by Gasteiger charge is 2.38. The molecule has 0 aromatic heterocycles. The lowest BCUT2D eigenvalue weighted by molar-refractivity contribution is -0.123. The van der Waals surface area contributed by atoms with Gasteiger partial charge >= 0.3 is 0 Å². The first-order valence-corrected chi connectivity index (χ1v) is 7.47. The molecule has 3 rings (SSSR count). The lowest BCUT2D eigenvalue weighted by atomic mass is 9.91. The molecule has 4 nitrogen and oxygen atoms in total. The smallest absolute Gasteiger partial charge is 0.237 e. The van der Waals surface area contributed by atoms with Gasteiger partial charge in [0.1, 0.15) is 0 Å². The summed E-state index contributed by atoms with van der Waals surface area (Å²) in [6.07, 6.45) is 7.39. The van der Waals surface area contributed by atoms with Crippen molar-refractivity contribution in [3.05, 3.63) is 0 Å². The number of hydrogen-bond acceptors (Lipinski definition) is 3. The number of hydrogen-bond donors (Lipinski definition) is 2. The van der Waals surface area contributed by atoms with E-state index >= 15 is 0 Å². The van der Waals surface area contributed by atoms with Crippen LogP contribution in [0.15, 0.2) is 0 Å². The standard InChI is InChI=1S/C14H25N3O/c1-17-11-4-5-12(17)8-10(7-11)9-16-14(18)13-3-2-6-15-13/h10-13,15H,2-9H2,1H3,(H,16,18). The molecule has 0 radical (unpaired) electrons. The van der Waals surface area contributed by atoms with E-state index in [1.807, 2.05) is 0 Å². The monoisotopic (exact) mass is 251 g/mol. The molecular weight excluding hydrogens is 226 g/mol. The second kappa shape index (κ2) is 5.17. The number of rotatable bonds is 3. The molecule has 0 aromatic carbocycles. The lowest BCUT2D eigenvalue weighted by Crippen LogP contribution is -2.46. The summed E-state index contributed by atoms with van der Waals surface area (Å²) in [5.41, 5.74) is 0. The predicted molar refractivity (Wildman–Crippen MR) is 71.3 cm³/mol. The van der Waals surface area contributed by atoms with Crippen LogP contribution < -0.4 is 10.6 Å². The summed E-state index contributed by atoms with van der Waals surface area (Å²) in [5.74, 6) is 0.919. The van der Waals surface area contributed by atoms with Gasteiger partial charge in [-0.2, -0.15) is 0 Å². The SMILES string of the molecule is CN1C2CCC1CC(CNC(=O)C1CCCN1)C2. The van der Waals surface area contributed by atoms with E-state index in [-0.39, 0.29) is 11.9 Å². The molecule has 3 saturated heterocycles.